The van der Waals surface area contributed by atoms with Crippen LogP contribution in [0.25, 0.3) is 11.1 Å². The molecule has 0 bridgehead atoms. The molecular weight excluding hydrogens is 368 g/mol. The van der Waals surface area contributed by atoms with Crippen LogP contribution in [0.3, 0.4) is 0 Å². The van der Waals surface area contributed by atoms with Crippen molar-refractivity contribution < 1.29 is 42.2 Å². The van der Waals surface area contributed by atoms with E-state index in [-0.39, 0.29) is 22.3 Å². The van der Waals surface area contributed by atoms with Crippen molar-refractivity contribution in [1.29, 1.82) is 0 Å². The van der Waals surface area contributed by atoms with Crippen LogP contribution in [0.5, 0.6) is 0 Å². The highest BCUT2D eigenvalue weighted by Crippen LogP contribution is 2.27. The van der Waals surface area contributed by atoms with Crippen LogP contribution >= 0.6 is 0 Å². The molecule has 2 rings (SSSR count). The van der Waals surface area contributed by atoms with E-state index in [2.05, 4.69) is 18.9 Å². The van der Waals surface area contributed by atoms with Crippen LogP contribution < -0.4 is 0 Å². The first-order valence-corrected chi connectivity index (χ1v) is 7.75. The van der Waals surface area contributed by atoms with E-state index in [0.717, 1.165) is 28.4 Å². The van der Waals surface area contributed by atoms with E-state index in [1.54, 1.807) is 0 Å². The molecule has 0 atom stereocenters. The SMILES string of the molecule is [2H]c1c([2H])c(-c2ccc(C(=O)OC)c(C(=O)OC)c2)c([2H])c(C(=O)OC)c1C(=O)OC. The summed E-state index contributed by atoms with van der Waals surface area (Å²) in [5.41, 5.74) is -1.68. The van der Waals surface area contributed by atoms with Crippen molar-refractivity contribution in [2.24, 2.45) is 0 Å². The van der Waals surface area contributed by atoms with Gasteiger partial charge in [0.2, 0.25) is 0 Å². The van der Waals surface area contributed by atoms with Gasteiger partial charge in [0.1, 0.15) is 0 Å². The number of rotatable bonds is 5. The zero-order chi connectivity index (χ0) is 23.5. The first-order valence-electron chi connectivity index (χ1n) is 9.25. The molecule has 0 aliphatic heterocycles. The summed E-state index contributed by atoms with van der Waals surface area (Å²) >= 11 is 0. The van der Waals surface area contributed by atoms with E-state index < -0.39 is 53.1 Å². The third-order valence-electron chi connectivity index (χ3n) is 3.71. The second-order valence-corrected chi connectivity index (χ2v) is 5.23. The van der Waals surface area contributed by atoms with Crippen LogP contribution in [-0.2, 0) is 18.9 Å². The van der Waals surface area contributed by atoms with Crippen molar-refractivity contribution in [2.45, 2.75) is 0 Å². The number of carbonyl (C=O) groups is 4. The average Bonchev–Trinajstić information content (AvgIpc) is 2.79. The molecule has 2 aromatic carbocycles. The minimum Gasteiger partial charge on any atom is -0.465 e. The van der Waals surface area contributed by atoms with Crippen LogP contribution in [0.2, 0.25) is 0 Å². The first kappa shape index (κ1) is 16.5. The maximum atomic E-state index is 12.3. The van der Waals surface area contributed by atoms with Gasteiger partial charge in [-0.1, -0.05) is 12.1 Å². The Balaban J connectivity index is 2.93. The van der Waals surface area contributed by atoms with Crippen LogP contribution in [0.15, 0.2) is 36.3 Å². The van der Waals surface area contributed by atoms with E-state index in [0.29, 0.717) is 0 Å². The molecule has 146 valence electrons. The number of esters is 4. The van der Waals surface area contributed by atoms with Gasteiger partial charge in [0.25, 0.3) is 0 Å². The van der Waals surface area contributed by atoms with Crippen molar-refractivity contribution >= 4 is 23.9 Å². The first-order chi connectivity index (χ1) is 14.6. The van der Waals surface area contributed by atoms with Crippen LogP contribution in [0.4, 0.5) is 0 Å². The van der Waals surface area contributed by atoms with Crippen molar-refractivity contribution in [3.63, 3.8) is 0 Å². The largest absolute Gasteiger partial charge is 0.465 e. The molecule has 0 N–H and O–H groups in total. The monoisotopic (exact) mass is 389 g/mol. The standard InChI is InChI=1S/C20H18O8/c1-25-17(21)13-7-5-11(9-15(13)19(23)27-3)12-6-8-14(18(22)26-2)16(10-12)20(24)28-4/h5-10H,1-4H3/i5D,7D,9D. The lowest BCUT2D eigenvalue weighted by Crippen LogP contribution is -2.13. The molecule has 0 unspecified atom stereocenters. The quantitative estimate of drug-likeness (QED) is 0.567. The van der Waals surface area contributed by atoms with Crippen LogP contribution in [0.1, 0.15) is 45.5 Å². The highest BCUT2D eigenvalue weighted by atomic mass is 16.5. The fourth-order valence-corrected chi connectivity index (χ4v) is 2.33. The number of ether oxygens (including phenoxy) is 4. The van der Waals surface area contributed by atoms with Crippen molar-refractivity contribution in [3.8, 4) is 11.1 Å². The van der Waals surface area contributed by atoms with E-state index in [1.807, 2.05) is 0 Å². The Kier molecular flexibility index (Phi) is 5.19. The number of hydrogen-bond acceptors (Lipinski definition) is 8. The van der Waals surface area contributed by atoms with Crippen LogP contribution in [-0.4, -0.2) is 52.3 Å². The maximum Gasteiger partial charge on any atom is 0.338 e. The molecule has 0 aliphatic carbocycles. The molecule has 0 spiro atoms. The number of methoxy groups -OCH3 is 4. The number of carbonyl (C=O) groups excluding carboxylic acids is 4. The Morgan fingerprint density at radius 3 is 1.71 bits per heavy atom. The van der Waals surface area contributed by atoms with Crippen molar-refractivity contribution in [1.82, 2.24) is 0 Å². The Hall–Kier alpha value is -3.68. The lowest BCUT2D eigenvalue weighted by atomic mass is 9.95. The van der Waals surface area contributed by atoms with Gasteiger partial charge >= 0.3 is 23.9 Å². The zero-order valence-corrected chi connectivity index (χ0v) is 15.5. The van der Waals surface area contributed by atoms with E-state index in [9.17, 15) is 19.2 Å². The molecule has 8 nitrogen and oxygen atoms in total. The molecule has 0 radical (unpaired) electrons. The topological polar surface area (TPSA) is 105 Å². The Labute approximate surface area is 165 Å². The van der Waals surface area contributed by atoms with E-state index in [1.165, 1.54) is 18.2 Å². The molecular formula is C20H18O8. The van der Waals surface area contributed by atoms with Gasteiger partial charge in [-0.2, -0.15) is 0 Å². The minimum atomic E-state index is -1.09. The molecule has 0 saturated carbocycles. The predicted molar refractivity (Wildman–Crippen MR) is 97.2 cm³/mol. The Morgan fingerprint density at radius 2 is 1.14 bits per heavy atom. The number of benzene rings is 2. The molecule has 0 aliphatic rings. The summed E-state index contributed by atoms with van der Waals surface area (Å²) in [5, 5.41) is 0. The summed E-state index contributed by atoms with van der Waals surface area (Å²) in [6.45, 7) is 0. The van der Waals surface area contributed by atoms with Gasteiger partial charge < -0.3 is 18.9 Å². The van der Waals surface area contributed by atoms with Crippen molar-refractivity contribution in [3.05, 3.63) is 58.6 Å². The summed E-state index contributed by atoms with van der Waals surface area (Å²) < 4.78 is 43.5. The molecule has 0 fully saturated rings. The predicted octanol–water partition coefficient (Wildman–Crippen LogP) is 2.50. The second kappa shape index (κ2) is 8.81. The minimum absolute atomic E-state index is 0.0538. The fraction of sp³-hybridized carbons (Fsp3) is 0.200. The van der Waals surface area contributed by atoms with Crippen molar-refractivity contribution in [2.75, 3.05) is 28.4 Å². The zero-order valence-electron chi connectivity index (χ0n) is 18.5. The third-order valence-corrected chi connectivity index (χ3v) is 3.71. The summed E-state index contributed by atoms with van der Waals surface area (Å²) in [5.74, 6) is -3.87. The van der Waals surface area contributed by atoms with Gasteiger partial charge in [-0.15, -0.1) is 0 Å². The lowest BCUT2D eigenvalue weighted by Gasteiger charge is -2.12. The summed E-state index contributed by atoms with van der Waals surface area (Å²) in [6.07, 6.45) is 0. The van der Waals surface area contributed by atoms with Crippen LogP contribution in [0, 0.1) is 0 Å². The normalized spacial score (nSPS) is 11.5. The smallest absolute Gasteiger partial charge is 0.338 e. The van der Waals surface area contributed by atoms with Gasteiger partial charge in [-0.3, -0.25) is 0 Å². The van der Waals surface area contributed by atoms with Gasteiger partial charge in [-0.25, -0.2) is 19.2 Å². The lowest BCUT2D eigenvalue weighted by molar-refractivity contribution is 0.0555. The highest BCUT2D eigenvalue weighted by molar-refractivity contribution is 6.05. The molecule has 0 heterocycles. The molecule has 0 saturated heterocycles. The Bertz CT molecular complexity index is 1090. The van der Waals surface area contributed by atoms with E-state index >= 15 is 0 Å². The van der Waals surface area contributed by atoms with Gasteiger partial charge in [0.15, 0.2) is 0 Å². The van der Waals surface area contributed by atoms with Gasteiger partial charge in [-0.05, 0) is 35.3 Å². The van der Waals surface area contributed by atoms with Gasteiger partial charge in [0.05, 0.1) is 54.8 Å². The Morgan fingerprint density at radius 1 is 0.643 bits per heavy atom. The molecule has 0 aromatic heterocycles. The summed E-state index contributed by atoms with van der Waals surface area (Å²) in [7, 11) is 4.28. The summed E-state index contributed by atoms with van der Waals surface area (Å²) in [6, 6.07) is 1.87. The molecule has 28 heavy (non-hydrogen) atoms. The average molecular weight is 389 g/mol. The number of hydrogen-bond donors (Lipinski definition) is 0. The second-order valence-electron chi connectivity index (χ2n) is 5.23. The highest BCUT2D eigenvalue weighted by Gasteiger charge is 2.22. The molecule has 2 aromatic rings. The fourth-order valence-electron chi connectivity index (χ4n) is 2.33. The maximum absolute atomic E-state index is 12.3. The molecule has 0 amide bonds. The molecule has 8 heteroatoms. The van der Waals surface area contributed by atoms with Gasteiger partial charge in [0, 0.05) is 0 Å². The third kappa shape index (κ3) is 4.01. The van der Waals surface area contributed by atoms with E-state index in [4.69, 9.17) is 4.11 Å². The summed E-state index contributed by atoms with van der Waals surface area (Å²) in [4.78, 5) is 48.6.